The second kappa shape index (κ2) is 8.97. The summed E-state index contributed by atoms with van der Waals surface area (Å²) in [6, 6.07) is 0. The number of rotatable bonds is 9. The lowest BCUT2D eigenvalue weighted by atomic mass is 10.0. The van der Waals surface area contributed by atoms with Gasteiger partial charge in [0.1, 0.15) is 0 Å². The van der Waals surface area contributed by atoms with Gasteiger partial charge in [-0.15, -0.1) is 0 Å². The van der Waals surface area contributed by atoms with Crippen molar-refractivity contribution >= 4 is 10.2 Å². The molecule has 1 fully saturated rings. The molecule has 1 aliphatic heterocycles. The van der Waals surface area contributed by atoms with E-state index in [1.807, 2.05) is 0 Å². The monoisotopic (exact) mass is 305 g/mol. The lowest BCUT2D eigenvalue weighted by molar-refractivity contribution is 0.248. The van der Waals surface area contributed by atoms with Crippen LogP contribution < -0.4 is 5.73 Å². The van der Waals surface area contributed by atoms with Gasteiger partial charge in [-0.2, -0.15) is 17.0 Å². The zero-order valence-corrected chi connectivity index (χ0v) is 13.9. The van der Waals surface area contributed by atoms with E-state index in [1.165, 1.54) is 0 Å². The molecule has 0 aromatic rings. The van der Waals surface area contributed by atoms with Gasteiger partial charge in [-0.25, -0.2) is 0 Å². The summed E-state index contributed by atoms with van der Waals surface area (Å²) in [5.74, 6) is 0.317. The molecule has 1 atom stereocenters. The molecule has 1 unspecified atom stereocenters. The maximum atomic E-state index is 12.8. The van der Waals surface area contributed by atoms with Crippen LogP contribution in [0.25, 0.3) is 0 Å². The molecule has 2 N–H and O–H groups in total. The number of nitrogens with zero attached hydrogens (tertiary/aromatic N) is 2. The van der Waals surface area contributed by atoms with E-state index in [-0.39, 0.29) is 0 Å². The average Bonchev–Trinajstić information content (AvgIpc) is 2.47. The van der Waals surface area contributed by atoms with Crippen molar-refractivity contribution in [1.82, 2.24) is 8.61 Å². The molecule has 0 aliphatic carbocycles. The normalized spacial score (nSPS) is 21.5. The number of hydrogen-bond acceptors (Lipinski definition) is 3. The van der Waals surface area contributed by atoms with Crippen molar-refractivity contribution in [2.24, 2.45) is 11.7 Å². The van der Waals surface area contributed by atoms with E-state index in [1.54, 1.807) is 8.61 Å². The Hall–Kier alpha value is -0.170. The Morgan fingerprint density at radius 2 is 1.80 bits per heavy atom. The van der Waals surface area contributed by atoms with Gasteiger partial charge < -0.3 is 5.73 Å². The van der Waals surface area contributed by atoms with E-state index >= 15 is 0 Å². The lowest BCUT2D eigenvalue weighted by Gasteiger charge is -2.35. The summed E-state index contributed by atoms with van der Waals surface area (Å²) >= 11 is 0. The van der Waals surface area contributed by atoms with E-state index in [9.17, 15) is 8.42 Å². The smallest absolute Gasteiger partial charge is 0.281 e. The van der Waals surface area contributed by atoms with Crippen molar-refractivity contribution < 1.29 is 8.42 Å². The Morgan fingerprint density at radius 1 is 1.20 bits per heavy atom. The Labute approximate surface area is 124 Å². The average molecular weight is 305 g/mol. The molecule has 1 aliphatic rings. The molecule has 0 radical (unpaired) electrons. The van der Waals surface area contributed by atoms with Gasteiger partial charge in [-0.05, 0) is 38.1 Å². The fraction of sp³-hybridized carbons (Fsp3) is 1.00. The molecular formula is C14H31N3O2S. The first kappa shape index (κ1) is 17.9. The van der Waals surface area contributed by atoms with Crippen LogP contribution in [0.4, 0.5) is 0 Å². The van der Waals surface area contributed by atoms with Crippen LogP contribution in [-0.4, -0.2) is 49.8 Å². The van der Waals surface area contributed by atoms with Crippen LogP contribution in [0.2, 0.25) is 0 Å². The molecule has 20 heavy (non-hydrogen) atoms. The molecular weight excluding hydrogens is 274 g/mol. The zero-order valence-electron chi connectivity index (χ0n) is 13.1. The van der Waals surface area contributed by atoms with Gasteiger partial charge in [-0.3, -0.25) is 0 Å². The van der Waals surface area contributed by atoms with Gasteiger partial charge in [0.05, 0.1) is 0 Å². The SMILES string of the molecule is CCCCN(CCCC)S(=O)(=O)N1CCCC(CN)C1. The molecule has 0 aromatic carbocycles. The molecule has 0 saturated carbocycles. The Kier molecular flexibility index (Phi) is 8.02. The van der Waals surface area contributed by atoms with Crippen molar-refractivity contribution in [2.75, 3.05) is 32.7 Å². The third-order valence-electron chi connectivity index (χ3n) is 3.99. The summed E-state index contributed by atoms with van der Waals surface area (Å²) in [5.41, 5.74) is 5.71. The molecule has 6 heteroatoms. The Morgan fingerprint density at radius 3 is 2.30 bits per heavy atom. The standard InChI is InChI=1S/C14H31N3O2S/c1-3-5-9-16(10-6-4-2)20(18,19)17-11-7-8-14(12-15)13-17/h14H,3-13,15H2,1-2H3. The maximum absolute atomic E-state index is 12.8. The molecule has 0 bridgehead atoms. The molecule has 0 spiro atoms. The van der Waals surface area contributed by atoms with Crippen molar-refractivity contribution in [3.63, 3.8) is 0 Å². The largest absolute Gasteiger partial charge is 0.330 e. The van der Waals surface area contributed by atoms with Crippen molar-refractivity contribution in [2.45, 2.75) is 52.4 Å². The lowest BCUT2D eigenvalue weighted by Crippen LogP contribution is -2.49. The van der Waals surface area contributed by atoms with Crippen LogP contribution in [0.5, 0.6) is 0 Å². The number of nitrogens with two attached hydrogens (primary N) is 1. The maximum Gasteiger partial charge on any atom is 0.281 e. The van der Waals surface area contributed by atoms with Crippen LogP contribution in [0.1, 0.15) is 52.4 Å². The topological polar surface area (TPSA) is 66.6 Å². The third kappa shape index (κ3) is 4.98. The molecule has 120 valence electrons. The van der Waals surface area contributed by atoms with Gasteiger partial charge in [-0.1, -0.05) is 26.7 Å². The van der Waals surface area contributed by atoms with E-state index in [2.05, 4.69) is 13.8 Å². The molecule has 0 amide bonds. The fourth-order valence-corrected chi connectivity index (χ4v) is 4.41. The number of piperidine rings is 1. The van der Waals surface area contributed by atoms with E-state index < -0.39 is 10.2 Å². The minimum absolute atomic E-state index is 0.317. The van der Waals surface area contributed by atoms with Gasteiger partial charge >= 0.3 is 0 Å². The number of hydrogen-bond donors (Lipinski definition) is 1. The van der Waals surface area contributed by atoms with Crippen LogP contribution in [0.3, 0.4) is 0 Å². The minimum atomic E-state index is -3.30. The first-order valence-corrected chi connectivity index (χ1v) is 9.41. The Balaban J connectivity index is 2.73. The summed E-state index contributed by atoms with van der Waals surface area (Å²) in [5, 5.41) is 0. The minimum Gasteiger partial charge on any atom is -0.330 e. The highest BCUT2D eigenvalue weighted by Gasteiger charge is 2.32. The predicted molar refractivity (Wildman–Crippen MR) is 83.7 cm³/mol. The number of unbranched alkanes of at least 4 members (excludes halogenated alkanes) is 2. The van der Waals surface area contributed by atoms with Crippen molar-refractivity contribution in [3.05, 3.63) is 0 Å². The van der Waals surface area contributed by atoms with Crippen LogP contribution in [0.15, 0.2) is 0 Å². The first-order chi connectivity index (χ1) is 9.56. The summed E-state index contributed by atoms with van der Waals surface area (Å²) in [7, 11) is -3.30. The zero-order chi connectivity index (χ0) is 15.0. The highest BCUT2D eigenvalue weighted by atomic mass is 32.2. The van der Waals surface area contributed by atoms with Gasteiger partial charge in [0.25, 0.3) is 10.2 Å². The van der Waals surface area contributed by atoms with Crippen LogP contribution in [0, 0.1) is 5.92 Å². The first-order valence-electron chi connectivity index (χ1n) is 8.01. The van der Waals surface area contributed by atoms with Crippen molar-refractivity contribution in [3.8, 4) is 0 Å². The Bertz CT molecular complexity index is 351. The van der Waals surface area contributed by atoms with Crippen molar-refractivity contribution in [1.29, 1.82) is 0 Å². The second-order valence-corrected chi connectivity index (χ2v) is 7.64. The second-order valence-electron chi connectivity index (χ2n) is 5.72. The van der Waals surface area contributed by atoms with E-state index in [0.717, 1.165) is 38.5 Å². The summed E-state index contributed by atoms with van der Waals surface area (Å²) in [6.45, 7) is 7.29. The summed E-state index contributed by atoms with van der Waals surface area (Å²) < 4.78 is 28.9. The van der Waals surface area contributed by atoms with E-state index in [4.69, 9.17) is 5.73 Å². The van der Waals surface area contributed by atoms with Gasteiger partial charge in [0.15, 0.2) is 0 Å². The summed E-state index contributed by atoms with van der Waals surface area (Å²) in [6.07, 6.45) is 5.87. The molecule has 1 saturated heterocycles. The van der Waals surface area contributed by atoms with Gasteiger partial charge in [0.2, 0.25) is 0 Å². The van der Waals surface area contributed by atoms with Crippen LogP contribution >= 0.6 is 0 Å². The third-order valence-corrected chi connectivity index (χ3v) is 5.99. The van der Waals surface area contributed by atoms with E-state index in [0.29, 0.717) is 38.6 Å². The van der Waals surface area contributed by atoms with Gasteiger partial charge in [0, 0.05) is 26.2 Å². The predicted octanol–water partition coefficient (Wildman–Crippen LogP) is 1.80. The molecule has 1 rings (SSSR count). The molecule has 1 heterocycles. The quantitative estimate of drug-likeness (QED) is 0.706. The molecule has 0 aromatic heterocycles. The summed E-state index contributed by atoms with van der Waals surface area (Å²) in [4.78, 5) is 0. The highest BCUT2D eigenvalue weighted by molar-refractivity contribution is 7.86. The fourth-order valence-electron chi connectivity index (χ4n) is 2.60. The van der Waals surface area contributed by atoms with Crippen LogP contribution in [-0.2, 0) is 10.2 Å². The highest BCUT2D eigenvalue weighted by Crippen LogP contribution is 2.21. The molecule has 5 nitrogen and oxygen atoms in total.